The smallest absolute Gasteiger partial charge is 0.137 e. The summed E-state index contributed by atoms with van der Waals surface area (Å²) < 4.78 is 6.25. The van der Waals surface area contributed by atoms with Gasteiger partial charge in [-0.3, -0.25) is 0 Å². The van der Waals surface area contributed by atoms with Crippen LogP contribution in [0.25, 0.3) is 5.57 Å². The highest BCUT2D eigenvalue weighted by molar-refractivity contribution is 5.82. The molecule has 0 fully saturated rings. The van der Waals surface area contributed by atoms with Crippen LogP contribution in [0, 0.1) is 28.6 Å². The Morgan fingerprint density at radius 2 is 1.55 bits per heavy atom. The van der Waals surface area contributed by atoms with E-state index < -0.39 is 0 Å². The third-order valence-corrected chi connectivity index (χ3v) is 7.44. The van der Waals surface area contributed by atoms with Gasteiger partial charge in [0.25, 0.3) is 0 Å². The number of allylic oxidation sites excluding steroid dienone is 6. The van der Waals surface area contributed by atoms with Gasteiger partial charge < -0.3 is 9.64 Å². The van der Waals surface area contributed by atoms with E-state index in [1.54, 1.807) is 12.2 Å². The van der Waals surface area contributed by atoms with Gasteiger partial charge in [-0.1, -0.05) is 48.1 Å². The van der Waals surface area contributed by atoms with E-state index in [0.29, 0.717) is 11.3 Å². The van der Waals surface area contributed by atoms with Crippen LogP contribution in [-0.4, -0.2) is 13.1 Å². The molecule has 33 heavy (non-hydrogen) atoms. The van der Waals surface area contributed by atoms with Crippen molar-refractivity contribution in [1.29, 1.82) is 10.5 Å². The largest absolute Gasteiger partial charge is 0.461 e. The molecule has 3 heterocycles. The minimum absolute atomic E-state index is 0.0783. The number of nitrogens with zero attached hydrogens (tertiary/aromatic N) is 3. The van der Waals surface area contributed by atoms with E-state index in [1.807, 2.05) is 26.0 Å². The molecule has 4 rings (SSSR count). The van der Waals surface area contributed by atoms with Crippen LogP contribution in [0.15, 0.2) is 53.5 Å². The Morgan fingerprint density at radius 1 is 1.00 bits per heavy atom. The average Bonchev–Trinajstić information content (AvgIpc) is 2.77. The summed E-state index contributed by atoms with van der Waals surface area (Å²) in [5.41, 5.74) is 6.79. The summed E-state index contributed by atoms with van der Waals surface area (Å²) in [7, 11) is 0. The number of benzene rings is 1. The molecule has 4 heteroatoms. The standard InChI is InChI=1S/C29H33N3O/c1-18(2)25-14-21(22(16-30)17-31)15-26(33-25)19(3)20-12-23-27-24(13-20)29(6,7)9-11-32(27)10-8-28(23,4)5/h12-15,18H,3,8-11H2,1-2,4-7H3. The monoisotopic (exact) mass is 439 g/mol. The Balaban J connectivity index is 1.87. The summed E-state index contributed by atoms with van der Waals surface area (Å²) in [6.07, 6.45) is 5.82. The lowest BCUT2D eigenvalue weighted by atomic mass is 9.69. The second kappa shape index (κ2) is 7.96. The minimum Gasteiger partial charge on any atom is -0.461 e. The summed E-state index contributed by atoms with van der Waals surface area (Å²) >= 11 is 0. The molecular weight excluding hydrogens is 406 g/mol. The van der Waals surface area contributed by atoms with Gasteiger partial charge in [-0.2, -0.15) is 10.5 Å². The Bertz CT molecular complexity index is 1150. The van der Waals surface area contributed by atoms with Crippen LogP contribution in [0.1, 0.15) is 71.1 Å². The normalized spacial score (nSPS) is 20.0. The summed E-state index contributed by atoms with van der Waals surface area (Å²) in [6.45, 7) is 20.0. The zero-order chi connectivity index (χ0) is 24.1. The SMILES string of the molecule is C=C(C1=CC(=C(C#N)C#N)C=C(C(C)C)O1)c1cc2c3c(c1)C(C)(C)CCN3CCC2(C)C. The second-order valence-corrected chi connectivity index (χ2v) is 11.0. The molecular formula is C29H33N3O. The number of nitriles is 2. The fourth-order valence-corrected chi connectivity index (χ4v) is 5.01. The number of anilines is 1. The summed E-state index contributed by atoms with van der Waals surface area (Å²) in [6, 6.07) is 8.59. The van der Waals surface area contributed by atoms with Crippen molar-refractivity contribution < 1.29 is 4.74 Å². The first-order valence-corrected chi connectivity index (χ1v) is 11.8. The van der Waals surface area contributed by atoms with E-state index in [9.17, 15) is 10.5 Å². The molecule has 0 radical (unpaired) electrons. The third kappa shape index (κ3) is 3.89. The first-order chi connectivity index (χ1) is 15.5. The third-order valence-electron chi connectivity index (χ3n) is 7.44. The predicted octanol–water partition coefficient (Wildman–Crippen LogP) is 6.67. The van der Waals surface area contributed by atoms with Crippen LogP contribution in [0.4, 0.5) is 5.69 Å². The molecule has 0 aliphatic carbocycles. The first-order valence-electron chi connectivity index (χ1n) is 11.8. The van der Waals surface area contributed by atoms with Crippen LogP contribution in [0.3, 0.4) is 0 Å². The van der Waals surface area contributed by atoms with E-state index in [4.69, 9.17) is 4.74 Å². The molecule has 0 spiro atoms. The van der Waals surface area contributed by atoms with E-state index >= 15 is 0 Å². The van der Waals surface area contributed by atoms with E-state index in [2.05, 4.69) is 51.3 Å². The average molecular weight is 440 g/mol. The molecule has 0 saturated heterocycles. The fourth-order valence-electron chi connectivity index (χ4n) is 5.01. The lowest BCUT2D eigenvalue weighted by molar-refractivity contribution is 0.278. The van der Waals surface area contributed by atoms with Crippen LogP contribution in [0.2, 0.25) is 0 Å². The molecule has 0 amide bonds. The Morgan fingerprint density at radius 3 is 2.03 bits per heavy atom. The minimum atomic E-state index is 0.0783. The van der Waals surface area contributed by atoms with Crippen molar-refractivity contribution in [2.24, 2.45) is 5.92 Å². The molecule has 4 nitrogen and oxygen atoms in total. The molecule has 3 aliphatic heterocycles. The summed E-state index contributed by atoms with van der Waals surface area (Å²) in [5, 5.41) is 18.9. The van der Waals surface area contributed by atoms with E-state index in [1.165, 1.54) is 16.8 Å². The Labute approximate surface area is 198 Å². The summed E-state index contributed by atoms with van der Waals surface area (Å²) in [4.78, 5) is 2.55. The number of rotatable bonds is 3. The number of hydrogen-bond donors (Lipinski definition) is 0. The molecule has 0 atom stereocenters. The van der Waals surface area contributed by atoms with Crippen molar-refractivity contribution >= 4 is 11.3 Å². The highest BCUT2D eigenvalue weighted by atomic mass is 16.5. The van der Waals surface area contributed by atoms with Gasteiger partial charge in [-0.05, 0) is 64.6 Å². The van der Waals surface area contributed by atoms with E-state index in [0.717, 1.165) is 42.8 Å². The van der Waals surface area contributed by atoms with Gasteiger partial charge in [0.15, 0.2) is 0 Å². The van der Waals surface area contributed by atoms with Gasteiger partial charge in [0, 0.05) is 35.8 Å². The maximum absolute atomic E-state index is 9.44. The molecule has 0 N–H and O–H groups in total. The molecule has 1 aromatic rings. The topological polar surface area (TPSA) is 60.1 Å². The van der Waals surface area contributed by atoms with Crippen molar-refractivity contribution in [2.75, 3.05) is 18.0 Å². The maximum atomic E-state index is 9.44. The van der Waals surface area contributed by atoms with Gasteiger partial charge in [-0.25, -0.2) is 0 Å². The quantitative estimate of drug-likeness (QED) is 0.494. The molecule has 0 saturated carbocycles. The predicted molar refractivity (Wildman–Crippen MR) is 133 cm³/mol. The fraction of sp³-hybridized carbons (Fsp3) is 0.448. The lowest BCUT2D eigenvalue weighted by Crippen LogP contribution is -2.44. The van der Waals surface area contributed by atoms with Gasteiger partial charge in [-0.15, -0.1) is 0 Å². The summed E-state index contributed by atoms with van der Waals surface area (Å²) in [5.74, 6) is 1.45. The molecule has 1 aromatic carbocycles. The number of hydrogen-bond acceptors (Lipinski definition) is 4. The molecule has 0 aromatic heterocycles. The van der Waals surface area contributed by atoms with Gasteiger partial charge >= 0.3 is 0 Å². The second-order valence-electron chi connectivity index (χ2n) is 11.0. The first kappa shape index (κ1) is 22.9. The van der Waals surface area contributed by atoms with Crippen LogP contribution < -0.4 is 4.90 Å². The van der Waals surface area contributed by atoms with Crippen molar-refractivity contribution in [1.82, 2.24) is 0 Å². The van der Waals surface area contributed by atoms with Crippen LogP contribution in [0.5, 0.6) is 0 Å². The van der Waals surface area contributed by atoms with Crippen molar-refractivity contribution in [2.45, 2.75) is 65.2 Å². The zero-order valence-corrected chi connectivity index (χ0v) is 20.7. The molecule has 3 aliphatic rings. The zero-order valence-electron chi connectivity index (χ0n) is 20.7. The van der Waals surface area contributed by atoms with Crippen molar-refractivity contribution in [3.8, 4) is 12.1 Å². The van der Waals surface area contributed by atoms with E-state index in [-0.39, 0.29) is 22.3 Å². The van der Waals surface area contributed by atoms with Gasteiger partial charge in [0.2, 0.25) is 0 Å². The molecule has 170 valence electrons. The Hall–Kier alpha value is -3.24. The van der Waals surface area contributed by atoms with Crippen LogP contribution >= 0.6 is 0 Å². The van der Waals surface area contributed by atoms with Crippen molar-refractivity contribution in [3.05, 3.63) is 70.2 Å². The van der Waals surface area contributed by atoms with Gasteiger partial charge in [0.1, 0.15) is 29.2 Å². The van der Waals surface area contributed by atoms with Gasteiger partial charge in [0.05, 0.1) is 0 Å². The highest BCUT2D eigenvalue weighted by Crippen LogP contribution is 2.50. The van der Waals surface area contributed by atoms with Crippen LogP contribution in [-0.2, 0) is 15.6 Å². The highest BCUT2D eigenvalue weighted by Gasteiger charge is 2.40. The molecule has 0 bridgehead atoms. The molecule has 0 unspecified atom stereocenters. The maximum Gasteiger partial charge on any atom is 0.137 e. The number of ether oxygens (including phenoxy) is 1. The van der Waals surface area contributed by atoms with Crippen molar-refractivity contribution in [3.63, 3.8) is 0 Å². The Kier molecular flexibility index (Phi) is 5.53. The lowest BCUT2D eigenvalue weighted by Gasteiger charge is -2.48.